The predicted octanol–water partition coefficient (Wildman–Crippen LogP) is 1.77. The number of hydrogen-bond acceptors (Lipinski definition) is 3. The maximum atomic E-state index is 10.9. The summed E-state index contributed by atoms with van der Waals surface area (Å²) in [5.41, 5.74) is 4.71. The van der Waals surface area contributed by atoms with Crippen LogP contribution in [0, 0.1) is 5.92 Å². The number of nitrogens with two attached hydrogens (primary N) is 1. The van der Waals surface area contributed by atoms with Gasteiger partial charge in [0.05, 0.1) is 6.10 Å². The standard InChI is InChI=1S/C12H23NO3/c1-9(2)4-3-7-16-10-5-6-12(13,8-10)11(14)15/h9-10H,3-8,13H2,1-2H3,(H,14,15). The quantitative estimate of drug-likeness (QED) is 0.681. The van der Waals surface area contributed by atoms with E-state index in [1.807, 2.05) is 0 Å². The highest BCUT2D eigenvalue weighted by Gasteiger charge is 2.42. The van der Waals surface area contributed by atoms with Crippen molar-refractivity contribution in [1.29, 1.82) is 0 Å². The monoisotopic (exact) mass is 229 g/mol. The van der Waals surface area contributed by atoms with Gasteiger partial charge in [0.25, 0.3) is 0 Å². The summed E-state index contributed by atoms with van der Waals surface area (Å²) in [5.74, 6) is -0.208. The molecule has 0 aliphatic heterocycles. The highest BCUT2D eigenvalue weighted by Crippen LogP contribution is 2.30. The minimum atomic E-state index is -1.05. The number of aliphatic carboxylic acids is 1. The lowest BCUT2D eigenvalue weighted by Crippen LogP contribution is -2.45. The Hall–Kier alpha value is -0.610. The minimum absolute atomic E-state index is 0.0354. The first-order valence-corrected chi connectivity index (χ1v) is 6.08. The van der Waals surface area contributed by atoms with Crippen molar-refractivity contribution in [2.75, 3.05) is 6.61 Å². The second-order valence-electron chi connectivity index (χ2n) is 5.23. The van der Waals surface area contributed by atoms with Crippen molar-refractivity contribution in [1.82, 2.24) is 0 Å². The molecule has 1 aliphatic carbocycles. The van der Waals surface area contributed by atoms with E-state index in [0.29, 0.717) is 18.8 Å². The highest BCUT2D eigenvalue weighted by molar-refractivity contribution is 5.78. The van der Waals surface area contributed by atoms with Crippen molar-refractivity contribution < 1.29 is 14.6 Å². The van der Waals surface area contributed by atoms with E-state index in [9.17, 15) is 4.79 Å². The van der Waals surface area contributed by atoms with Gasteiger partial charge in [-0.15, -0.1) is 0 Å². The van der Waals surface area contributed by atoms with E-state index in [-0.39, 0.29) is 6.10 Å². The molecule has 94 valence electrons. The van der Waals surface area contributed by atoms with Gasteiger partial charge >= 0.3 is 5.97 Å². The third-order valence-corrected chi connectivity index (χ3v) is 3.21. The van der Waals surface area contributed by atoms with Crippen LogP contribution in [-0.2, 0) is 9.53 Å². The van der Waals surface area contributed by atoms with E-state index >= 15 is 0 Å². The van der Waals surface area contributed by atoms with Gasteiger partial charge in [0.2, 0.25) is 0 Å². The van der Waals surface area contributed by atoms with Gasteiger partial charge in [0.15, 0.2) is 0 Å². The Kier molecular flexibility index (Phi) is 4.74. The summed E-state index contributed by atoms with van der Waals surface area (Å²) in [7, 11) is 0. The normalized spacial score (nSPS) is 29.9. The van der Waals surface area contributed by atoms with Crippen LogP contribution in [0.4, 0.5) is 0 Å². The summed E-state index contributed by atoms with van der Waals surface area (Å²) in [4.78, 5) is 10.9. The predicted molar refractivity (Wildman–Crippen MR) is 62.2 cm³/mol. The first kappa shape index (κ1) is 13.5. The summed E-state index contributed by atoms with van der Waals surface area (Å²) in [6.45, 7) is 5.09. The van der Waals surface area contributed by atoms with E-state index in [0.717, 1.165) is 25.9 Å². The molecule has 1 aliphatic rings. The smallest absolute Gasteiger partial charge is 0.323 e. The summed E-state index contributed by atoms with van der Waals surface area (Å²) in [5, 5.41) is 8.95. The van der Waals surface area contributed by atoms with Crippen LogP contribution in [0.2, 0.25) is 0 Å². The van der Waals surface area contributed by atoms with Crippen molar-refractivity contribution in [2.24, 2.45) is 11.7 Å². The molecule has 0 bridgehead atoms. The van der Waals surface area contributed by atoms with Crippen LogP contribution < -0.4 is 5.73 Å². The SMILES string of the molecule is CC(C)CCCOC1CCC(N)(C(=O)O)C1. The van der Waals surface area contributed by atoms with Crippen LogP contribution in [0.3, 0.4) is 0 Å². The van der Waals surface area contributed by atoms with Gasteiger partial charge in [-0.1, -0.05) is 13.8 Å². The first-order chi connectivity index (χ1) is 7.44. The van der Waals surface area contributed by atoms with Gasteiger partial charge in [-0.25, -0.2) is 0 Å². The van der Waals surface area contributed by atoms with Crippen molar-refractivity contribution >= 4 is 5.97 Å². The molecule has 0 aromatic carbocycles. The van der Waals surface area contributed by atoms with Crippen LogP contribution in [0.15, 0.2) is 0 Å². The lowest BCUT2D eigenvalue weighted by atomic mass is 10.00. The number of carbonyl (C=O) groups is 1. The molecule has 1 rings (SSSR count). The van der Waals surface area contributed by atoms with Crippen molar-refractivity contribution in [2.45, 2.75) is 57.6 Å². The maximum Gasteiger partial charge on any atom is 0.323 e. The molecule has 0 spiro atoms. The van der Waals surface area contributed by atoms with Gasteiger partial charge in [-0.3, -0.25) is 4.79 Å². The molecule has 0 amide bonds. The Morgan fingerprint density at radius 2 is 2.31 bits per heavy atom. The molecule has 0 saturated heterocycles. The number of carboxylic acid groups (broad SMARTS) is 1. The maximum absolute atomic E-state index is 10.9. The van der Waals surface area contributed by atoms with Crippen LogP contribution in [-0.4, -0.2) is 29.3 Å². The Morgan fingerprint density at radius 1 is 1.62 bits per heavy atom. The number of carboxylic acids is 1. The molecule has 2 unspecified atom stereocenters. The van der Waals surface area contributed by atoms with Gasteiger partial charge in [-0.05, 0) is 31.6 Å². The van der Waals surface area contributed by atoms with Crippen molar-refractivity contribution in [3.63, 3.8) is 0 Å². The Labute approximate surface area is 97.2 Å². The molecule has 1 fully saturated rings. The first-order valence-electron chi connectivity index (χ1n) is 6.08. The highest BCUT2D eigenvalue weighted by atomic mass is 16.5. The van der Waals surface area contributed by atoms with E-state index in [2.05, 4.69) is 13.8 Å². The molecule has 1 saturated carbocycles. The third kappa shape index (κ3) is 3.76. The average Bonchev–Trinajstić information content (AvgIpc) is 2.56. The molecule has 3 N–H and O–H groups in total. The van der Waals surface area contributed by atoms with E-state index in [1.165, 1.54) is 0 Å². The van der Waals surface area contributed by atoms with Gasteiger partial charge in [0, 0.05) is 13.0 Å². The van der Waals surface area contributed by atoms with Crippen molar-refractivity contribution in [3.8, 4) is 0 Å². The average molecular weight is 229 g/mol. The van der Waals surface area contributed by atoms with Gasteiger partial charge in [0.1, 0.15) is 5.54 Å². The van der Waals surface area contributed by atoms with E-state index in [4.69, 9.17) is 15.6 Å². The van der Waals surface area contributed by atoms with Crippen LogP contribution >= 0.6 is 0 Å². The van der Waals surface area contributed by atoms with Crippen LogP contribution in [0.25, 0.3) is 0 Å². The number of rotatable bonds is 6. The van der Waals surface area contributed by atoms with Gasteiger partial charge in [-0.2, -0.15) is 0 Å². The Bertz CT molecular complexity index is 242. The Morgan fingerprint density at radius 3 is 2.81 bits per heavy atom. The largest absolute Gasteiger partial charge is 0.480 e. The molecular formula is C12H23NO3. The summed E-state index contributed by atoms with van der Waals surface area (Å²) in [6.07, 6.45) is 3.97. The number of hydrogen-bond donors (Lipinski definition) is 2. The van der Waals surface area contributed by atoms with E-state index in [1.54, 1.807) is 0 Å². The fraction of sp³-hybridized carbons (Fsp3) is 0.917. The number of ether oxygens (including phenoxy) is 1. The fourth-order valence-electron chi connectivity index (χ4n) is 2.11. The van der Waals surface area contributed by atoms with Gasteiger partial charge < -0.3 is 15.6 Å². The third-order valence-electron chi connectivity index (χ3n) is 3.21. The second-order valence-corrected chi connectivity index (χ2v) is 5.23. The summed E-state index contributed by atoms with van der Waals surface area (Å²) in [6, 6.07) is 0. The molecule has 0 aromatic rings. The molecule has 2 atom stereocenters. The molecule has 0 aromatic heterocycles. The summed E-state index contributed by atoms with van der Waals surface area (Å²) < 4.78 is 5.66. The lowest BCUT2D eigenvalue weighted by Gasteiger charge is -2.18. The zero-order valence-electron chi connectivity index (χ0n) is 10.2. The molecule has 4 heteroatoms. The molecule has 16 heavy (non-hydrogen) atoms. The van der Waals surface area contributed by atoms with Crippen LogP contribution in [0.1, 0.15) is 46.0 Å². The minimum Gasteiger partial charge on any atom is -0.480 e. The van der Waals surface area contributed by atoms with E-state index < -0.39 is 11.5 Å². The second kappa shape index (κ2) is 5.64. The van der Waals surface area contributed by atoms with Crippen LogP contribution in [0.5, 0.6) is 0 Å². The zero-order valence-corrected chi connectivity index (χ0v) is 10.2. The lowest BCUT2D eigenvalue weighted by molar-refractivity contribution is -0.143. The zero-order chi connectivity index (χ0) is 12.2. The Balaban J connectivity index is 2.19. The topological polar surface area (TPSA) is 72.5 Å². The molecular weight excluding hydrogens is 206 g/mol. The molecule has 4 nitrogen and oxygen atoms in total. The summed E-state index contributed by atoms with van der Waals surface area (Å²) >= 11 is 0. The van der Waals surface area contributed by atoms with Crippen molar-refractivity contribution in [3.05, 3.63) is 0 Å². The molecule has 0 heterocycles. The fourth-order valence-corrected chi connectivity index (χ4v) is 2.11. The molecule has 0 radical (unpaired) electrons.